The Kier molecular flexibility index (Phi) is 7.62. The van der Waals surface area contributed by atoms with Crippen LogP contribution in [0.4, 0.5) is 5.69 Å². The Morgan fingerprint density at radius 3 is 2.78 bits per heavy atom. The molecule has 0 saturated heterocycles. The van der Waals surface area contributed by atoms with Crippen LogP contribution < -0.4 is 15.8 Å². The summed E-state index contributed by atoms with van der Waals surface area (Å²) in [6.45, 7) is 4.70. The molecule has 3 aromatic rings. The second kappa shape index (κ2) is 10.6. The van der Waals surface area contributed by atoms with Crippen molar-refractivity contribution in [2.24, 2.45) is 5.73 Å². The van der Waals surface area contributed by atoms with Gasteiger partial charge in [-0.25, -0.2) is 4.98 Å². The Hall–Kier alpha value is -3.65. The van der Waals surface area contributed by atoms with E-state index in [0.29, 0.717) is 28.0 Å². The molecule has 2 aromatic heterocycles. The molecular weight excluding hydrogens is 430 g/mol. The van der Waals surface area contributed by atoms with E-state index in [-0.39, 0.29) is 5.91 Å². The highest BCUT2D eigenvalue weighted by molar-refractivity contribution is 6.31. The molecule has 0 atom stereocenters. The number of benzene rings is 1. The van der Waals surface area contributed by atoms with Crippen LogP contribution in [0, 0.1) is 6.92 Å². The molecule has 0 spiro atoms. The predicted molar refractivity (Wildman–Crippen MR) is 124 cm³/mol. The maximum Gasteiger partial charge on any atom is 0.248 e. The summed E-state index contributed by atoms with van der Waals surface area (Å²) in [5.41, 5.74) is 7.59. The van der Waals surface area contributed by atoms with E-state index >= 15 is 0 Å². The van der Waals surface area contributed by atoms with Gasteiger partial charge in [-0.3, -0.25) is 14.3 Å². The van der Waals surface area contributed by atoms with Crippen LogP contribution >= 0.6 is 11.6 Å². The molecule has 8 nitrogen and oxygen atoms in total. The SMILES string of the molecule is CCCCn1nc(C)c(/C=C/C(=O)Nc2ccc(Oc3cccc(C(N)=O)c3)nc2)c1Cl. The van der Waals surface area contributed by atoms with Crippen molar-refractivity contribution < 1.29 is 14.3 Å². The van der Waals surface area contributed by atoms with Crippen LogP contribution in [0.25, 0.3) is 6.08 Å². The third-order valence-corrected chi connectivity index (χ3v) is 4.98. The van der Waals surface area contributed by atoms with Gasteiger partial charge in [-0.1, -0.05) is 31.0 Å². The molecule has 2 amide bonds. The molecule has 3 N–H and O–H groups in total. The maximum atomic E-state index is 12.3. The van der Waals surface area contributed by atoms with Crippen LogP contribution in [0.15, 0.2) is 48.7 Å². The highest BCUT2D eigenvalue weighted by Crippen LogP contribution is 2.23. The molecule has 0 aliphatic carbocycles. The number of aryl methyl sites for hydroxylation is 2. The fourth-order valence-corrected chi connectivity index (χ4v) is 3.23. The number of rotatable bonds is 9. The van der Waals surface area contributed by atoms with Crippen molar-refractivity contribution in [3.8, 4) is 11.6 Å². The largest absolute Gasteiger partial charge is 0.439 e. The van der Waals surface area contributed by atoms with Gasteiger partial charge in [-0.15, -0.1) is 0 Å². The zero-order chi connectivity index (χ0) is 23.1. The quantitative estimate of drug-likeness (QED) is 0.460. The number of nitrogens with one attached hydrogen (secondary N) is 1. The van der Waals surface area contributed by atoms with Crippen LogP contribution in [-0.4, -0.2) is 26.6 Å². The summed E-state index contributed by atoms with van der Waals surface area (Å²) in [5.74, 6) is -0.131. The number of hydrogen-bond acceptors (Lipinski definition) is 5. The Morgan fingerprint density at radius 2 is 2.09 bits per heavy atom. The lowest BCUT2D eigenvalue weighted by Gasteiger charge is -2.07. The van der Waals surface area contributed by atoms with Gasteiger partial charge in [0.25, 0.3) is 0 Å². The molecular formula is C23H24ClN5O3. The number of amides is 2. The molecule has 0 radical (unpaired) electrons. The van der Waals surface area contributed by atoms with Crippen LogP contribution in [0.3, 0.4) is 0 Å². The number of aromatic nitrogens is 3. The number of halogens is 1. The van der Waals surface area contributed by atoms with Gasteiger partial charge in [0.05, 0.1) is 17.6 Å². The lowest BCUT2D eigenvalue weighted by molar-refractivity contribution is -0.111. The first-order chi connectivity index (χ1) is 15.4. The number of carbonyl (C=O) groups excluding carboxylic acids is 2. The van der Waals surface area contributed by atoms with Gasteiger partial charge < -0.3 is 15.8 Å². The van der Waals surface area contributed by atoms with Gasteiger partial charge in [0, 0.05) is 29.8 Å². The second-order valence-electron chi connectivity index (χ2n) is 7.07. The lowest BCUT2D eigenvalue weighted by Crippen LogP contribution is -2.10. The number of nitrogens with zero attached hydrogens (tertiary/aromatic N) is 3. The van der Waals surface area contributed by atoms with Crippen molar-refractivity contribution in [1.29, 1.82) is 0 Å². The topological polar surface area (TPSA) is 112 Å². The standard InChI is InChI=1S/C23H24ClN5O3/c1-3-4-12-29-22(24)19(15(2)28-29)9-10-20(30)27-17-8-11-21(26-14-17)32-18-7-5-6-16(13-18)23(25)31/h5-11,13-14H,3-4,12H2,1-2H3,(H2,25,31)(H,27,30)/b10-9+. The van der Waals surface area contributed by atoms with Crippen LogP contribution in [0.2, 0.25) is 5.15 Å². The number of anilines is 1. The van der Waals surface area contributed by atoms with Crippen molar-refractivity contribution in [3.63, 3.8) is 0 Å². The molecule has 1 aromatic carbocycles. The lowest BCUT2D eigenvalue weighted by atomic mass is 10.2. The first-order valence-electron chi connectivity index (χ1n) is 10.1. The summed E-state index contributed by atoms with van der Waals surface area (Å²) in [6.07, 6.45) is 6.55. The highest BCUT2D eigenvalue weighted by Gasteiger charge is 2.11. The van der Waals surface area contributed by atoms with Crippen LogP contribution in [-0.2, 0) is 11.3 Å². The van der Waals surface area contributed by atoms with E-state index in [1.165, 1.54) is 18.3 Å². The summed E-state index contributed by atoms with van der Waals surface area (Å²) in [7, 11) is 0. The Labute approximate surface area is 191 Å². The molecule has 32 heavy (non-hydrogen) atoms. The van der Waals surface area contributed by atoms with Crippen molar-refractivity contribution in [2.75, 3.05) is 5.32 Å². The summed E-state index contributed by atoms with van der Waals surface area (Å²) in [6, 6.07) is 9.74. The fourth-order valence-electron chi connectivity index (χ4n) is 2.90. The molecule has 0 unspecified atom stereocenters. The Morgan fingerprint density at radius 1 is 1.28 bits per heavy atom. The molecule has 0 bridgehead atoms. The molecule has 0 fully saturated rings. The van der Waals surface area contributed by atoms with Gasteiger partial charge in [-0.2, -0.15) is 5.10 Å². The molecule has 0 saturated carbocycles. The summed E-state index contributed by atoms with van der Waals surface area (Å²) in [4.78, 5) is 27.7. The van der Waals surface area contributed by atoms with E-state index in [2.05, 4.69) is 22.3 Å². The number of nitrogens with two attached hydrogens (primary N) is 1. The van der Waals surface area contributed by atoms with E-state index in [4.69, 9.17) is 22.1 Å². The summed E-state index contributed by atoms with van der Waals surface area (Å²) < 4.78 is 7.37. The van der Waals surface area contributed by atoms with Crippen molar-refractivity contribution in [1.82, 2.24) is 14.8 Å². The molecule has 3 rings (SSSR count). The van der Waals surface area contributed by atoms with Crippen molar-refractivity contribution >= 4 is 35.2 Å². The number of carbonyl (C=O) groups is 2. The Bertz CT molecular complexity index is 1140. The number of unbranched alkanes of at least 4 members (excludes halogenated alkanes) is 1. The molecule has 9 heteroatoms. The average molecular weight is 454 g/mol. The van der Waals surface area contributed by atoms with Crippen LogP contribution in [0.5, 0.6) is 11.6 Å². The zero-order valence-electron chi connectivity index (χ0n) is 17.8. The second-order valence-corrected chi connectivity index (χ2v) is 7.43. The van der Waals surface area contributed by atoms with Gasteiger partial charge in [0.15, 0.2) is 0 Å². The van der Waals surface area contributed by atoms with E-state index in [1.807, 2.05) is 6.92 Å². The van der Waals surface area contributed by atoms with Gasteiger partial charge >= 0.3 is 0 Å². The first kappa shape index (κ1) is 23.0. The van der Waals surface area contributed by atoms with E-state index in [0.717, 1.165) is 30.6 Å². The van der Waals surface area contributed by atoms with E-state index in [9.17, 15) is 9.59 Å². The minimum absolute atomic E-state index is 0.307. The monoisotopic (exact) mass is 453 g/mol. The maximum absolute atomic E-state index is 12.3. The fraction of sp³-hybridized carbons (Fsp3) is 0.217. The predicted octanol–water partition coefficient (Wildman–Crippen LogP) is 4.58. The van der Waals surface area contributed by atoms with Gasteiger partial charge in [0.2, 0.25) is 17.7 Å². The first-order valence-corrected chi connectivity index (χ1v) is 10.5. The zero-order valence-corrected chi connectivity index (χ0v) is 18.6. The number of primary amides is 1. The molecule has 0 aliphatic rings. The Balaban J connectivity index is 1.61. The molecule has 2 heterocycles. The molecule has 166 valence electrons. The average Bonchev–Trinajstić information content (AvgIpc) is 3.04. The molecule has 0 aliphatic heterocycles. The smallest absolute Gasteiger partial charge is 0.248 e. The normalized spacial score (nSPS) is 11.0. The van der Waals surface area contributed by atoms with Gasteiger partial charge in [0.1, 0.15) is 10.9 Å². The minimum Gasteiger partial charge on any atom is -0.439 e. The van der Waals surface area contributed by atoms with Gasteiger partial charge in [-0.05, 0) is 43.7 Å². The van der Waals surface area contributed by atoms with E-state index in [1.54, 1.807) is 41.1 Å². The third-order valence-electron chi connectivity index (χ3n) is 4.58. The number of ether oxygens (including phenoxy) is 1. The summed E-state index contributed by atoms with van der Waals surface area (Å²) in [5, 5.41) is 7.67. The third kappa shape index (κ3) is 5.95. The highest BCUT2D eigenvalue weighted by atomic mass is 35.5. The minimum atomic E-state index is -0.542. The number of pyridine rings is 1. The van der Waals surface area contributed by atoms with Crippen molar-refractivity contribution in [2.45, 2.75) is 33.2 Å². The number of hydrogen-bond donors (Lipinski definition) is 2. The van der Waals surface area contributed by atoms with Crippen molar-refractivity contribution in [3.05, 3.63) is 70.6 Å². The summed E-state index contributed by atoms with van der Waals surface area (Å²) >= 11 is 6.39. The van der Waals surface area contributed by atoms with E-state index < -0.39 is 5.91 Å². The van der Waals surface area contributed by atoms with Crippen LogP contribution in [0.1, 0.15) is 41.4 Å².